The lowest BCUT2D eigenvalue weighted by atomic mass is 10.2. The molecule has 2 rings (SSSR count). The van der Waals surface area contributed by atoms with E-state index in [1.54, 1.807) is 30.3 Å². The maximum Gasteiger partial charge on any atom is 0.273 e. The topological polar surface area (TPSA) is 89.5 Å². The molecule has 7 nitrogen and oxygen atoms in total. The summed E-state index contributed by atoms with van der Waals surface area (Å²) in [6.45, 7) is 0. The minimum absolute atomic E-state index is 0.201. The molecule has 0 aromatic heterocycles. The predicted octanol–water partition coefficient (Wildman–Crippen LogP) is 2.13. The van der Waals surface area contributed by atoms with Gasteiger partial charge in [0, 0.05) is 5.69 Å². The first kappa shape index (κ1) is 11.8. The van der Waals surface area contributed by atoms with E-state index in [0.29, 0.717) is 5.69 Å². The van der Waals surface area contributed by atoms with Gasteiger partial charge in [0.2, 0.25) is 0 Å². The fraction of sp³-hybridized carbons (Fsp3) is 0.0909. The molecule has 0 saturated heterocycles. The molecule has 0 fully saturated rings. The van der Waals surface area contributed by atoms with Gasteiger partial charge in [0.1, 0.15) is 6.42 Å². The maximum atomic E-state index is 10.8. The average molecular weight is 247 g/mol. The lowest BCUT2D eigenvalue weighted by Gasteiger charge is -2.18. The van der Waals surface area contributed by atoms with E-state index in [2.05, 4.69) is 0 Å². The first-order valence-corrected chi connectivity index (χ1v) is 5.11. The van der Waals surface area contributed by atoms with Gasteiger partial charge in [-0.1, -0.05) is 18.2 Å². The zero-order chi connectivity index (χ0) is 13.1. The van der Waals surface area contributed by atoms with Crippen LogP contribution in [0.25, 0.3) is 0 Å². The Morgan fingerprint density at radius 2 is 1.44 bits per heavy atom. The van der Waals surface area contributed by atoms with Gasteiger partial charge in [-0.3, -0.25) is 20.2 Å². The zero-order valence-electron chi connectivity index (χ0n) is 9.22. The third kappa shape index (κ3) is 2.34. The maximum absolute atomic E-state index is 10.8. The summed E-state index contributed by atoms with van der Waals surface area (Å²) in [6, 6.07) is 8.73. The summed E-state index contributed by atoms with van der Waals surface area (Å²) in [7, 11) is 0. The molecular formula is C11H9N3O4. The van der Waals surface area contributed by atoms with E-state index >= 15 is 0 Å². The van der Waals surface area contributed by atoms with E-state index in [0.717, 1.165) is 0 Å². The Kier molecular flexibility index (Phi) is 3.05. The van der Waals surface area contributed by atoms with Crippen molar-refractivity contribution in [1.82, 2.24) is 0 Å². The molecule has 92 valence electrons. The largest absolute Gasteiger partial charge is 0.311 e. The number of hydrogen-bond donors (Lipinski definition) is 0. The summed E-state index contributed by atoms with van der Waals surface area (Å²) >= 11 is 0. The van der Waals surface area contributed by atoms with E-state index in [1.165, 1.54) is 17.3 Å². The predicted molar refractivity (Wildman–Crippen MR) is 63.7 cm³/mol. The Hall–Kier alpha value is -2.70. The Morgan fingerprint density at radius 1 is 0.944 bits per heavy atom. The lowest BCUT2D eigenvalue weighted by Crippen LogP contribution is -2.20. The van der Waals surface area contributed by atoms with Crippen molar-refractivity contribution in [2.24, 2.45) is 0 Å². The Morgan fingerprint density at radius 3 is 1.89 bits per heavy atom. The zero-order valence-corrected chi connectivity index (χ0v) is 9.22. The van der Waals surface area contributed by atoms with E-state index in [1.807, 2.05) is 0 Å². The van der Waals surface area contributed by atoms with Crippen molar-refractivity contribution in [2.45, 2.75) is 6.42 Å². The molecule has 1 aliphatic heterocycles. The van der Waals surface area contributed by atoms with Gasteiger partial charge in [-0.05, 0) is 12.1 Å². The van der Waals surface area contributed by atoms with E-state index in [-0.39, 0.29) is 17.8 Å². The molecule has 1 aromatic carbocycles. The van der Waals surface area contributed by atoms with Crippen LogP contribution in [0.2, 0.25) is 0 Å². The third-order valence-corrected chi connectivity index (χ3v) is 2.46. The molecule has 7 heteroatoms. The highest BCUT2D eigenvalue weighted by Crippen LogP contribution is 2.24. The first-order chi connectivity index (χ1) is 8.58. The van der Waals surface area contributed by atoms with E-state index in [4.69, 9.17) is 0 Å². The minimum atomic E-state index is -0.605. The number of rotatable bonds is 3. The smallest absolute Gasteiger partial charge is 0.273 e. The van der Waals surface area contributed by atoms with Crippen molar-refractivity contribution in [1.29, 1.82) is 0 Å². The number of benzene rings is 1. The van der Waals surface area contributed by atoms with Gasteiger partial charge in [0.05, 0.1) is 22.2 Å². The Labute approximate surface area is 102 Å². The van der Waals surface area contributed by atoms with Gasteiger partial charge in [-0.2, -0.15) is 0 Å². The van der Waals surface area contributed by atoms with Gasteiger partial charge in [0.15, 0.2) is 0 Å². The normalized spacial score (nSPS) is 14.8. The highest BCUT2D eigenvalue weighted by atomic mass is 16.6. The second-order valence-corrected chi connectivity index (χ2v) is 3.67. The van der Waals surface area contributed by atoms with Crippen molar-refractivity contribution in [3.05, 3.63) is 74.4 Å². The molecule has 0 saturated carbocycles. The van der Waals surface area contributed by atoms with Crippen LogP contribution in [-0.2, 0) is 0 Å². The highest BCUT2D eigenvalue weighted by Gasteiger charge is 2.28. The molecule has 0 spiro atoms. The molecule has 0 amide bonds. The summed E-state index contributed by atoms with van der Waals surface area (Å²) in [5.41, 5.74) is 0.233. The molecule has 0 bridgehead atoms. The van der Waals surface area contributed by atoms with Gasteiger partial charge in [0.25, 0.3) is 11.4 Å². The van der Waals surface area contributed by atoms with Crippen molar-refractivity contribution in [3.63, 3.8) is 0 Å². The fourth-order valence-corrected chi connectivity index (χ4v) is 1.61. The molecule has 0 unspecified atom stereocenters. The van der Waals surface area contributed by atoms with Gasteiger partial charge >= 0.3 is 0 Å². The van der Waals surface area contributed by atoms with E-state index in [9.17, 15) is 20.2 Å². The fourth-order valence-electron chi connectivity index (χ4n) is 1.61. The second-order valence-electron chi connectivity index (χ2n) is 3.67. The molecule has 1 heterocycles. The molecule has 0 N–H and O–H groups in total. The van der Waals surface area contributed by atoms with Gasteiger partial charge in [-0.25, -0.2) is 0 Å². The number of hydrogen-bond acceptors (Lipinski definition) is 5. The van der Waals surface area contributed by atoms with Crippen LogP contribution in [-0.4, -0.2) is 9.85 Å². The van der Waals surface area contributed by atoms with Crippen LogP contribution in [0.5, 0.6) is 0 Å². The standard InChI is InChI=1S/C11H9N3O4/c15-13(16)10-6-11(14(17)18)8-12(7-10)9-4-2-1-3-5-9/h1-5,7-8H,6H2. The lowest BCUT2D eigenvalue weighted by molar-refractivity contribution is -0.451. The molecule has 0 aliphatic carbocycles. The Balaban J connectivity index is 2.40. The van der Waals surface area contributed by atoms with Gasteiger partial charge in [-0.15, -0.1) is 0 Å². The van der Waals surface area contributed by atoms with Crippen molar-refractivity contribution >= 4 is 5.69 Å². The highest BCUT2D eigenvalue weighted by molar-refractivity contribution is 5.53. The third-order valence-electron chi connectivity index (χ3n) is 2.46. The Bertz CT molecular complexity index is 521. The molecule has 18 heavy (non-hydrogen) atoms. The van der Waals surface area contributed by atoms with Crippen LogP contribution in [0.1, 0.15) is 6.42 Å². The summed E-state index contributed by atoms with van der Waals surface area (Å²) in [5, 5.41) is 21.5. The SMILES string of the molecule is O=[N+]([O-])C1=CN(c2ccccc2)C=C([N+](=O)[O-])C1. The minimum Gasteiger partial charge on any atom is -0.311 e. The van der Waals surface area contributed by atoms with Crippen molar-refractivity contribution in [2.75, 3.05) is 4.90 Å². The number of nitrogens with zero attached hydrogens (tertiary/aromatic N) is 3. The molecular weight excluding hydrogens is 238 g/mol. The van der Waals surface area contributed by atoms with Crippen LogP contribution < -0.4 is 4.90 Å². The summed E-state index contributed by atoms with van der Waals surface area (Å²) in [5.74, 6) is 0. The molecule has 1 aliphatic rings. The van der Waals surface area contributed by atoms with Crippen LogP contribution in [0, 0.1) is 20.2 Å². The number of nitro groups is 2. The van der Waals surface area contributed by atoms with Crippen molar-refractivity contribution in [3.8, 4) is 0 Å². The summed E-state index contributed by atoms with van der Waals surface area (Å²) in [6.07, 6.45) is 2.31. The molecule has 0 radical (unpaired) electrons. The van der Waals surface area contributed by atoms with Crippen LogP contribution in [0.4, 0.5) is 5.69 Å². The monoisotopic (exact) mass is 247 g/mol. The average Bonchev–Trinajstić information content (AvgIpc) is 2.39. The van der Waals surface area contributed by atoms with E-state index < -0.39 is 9.85 Å². The van der Waals surface area contributed by atoms with Crippen molar-refractivity contribution < 1.29 is 9.85 Å². The summed E-state index contributed by atoms with van der Waals surface area (Å²) < 4.78 is 0. The number of anilines is 1. The quantitative estimate of drug-likeness (QED) is 0.602. The molecule has 1 aromatic rings. The molecule has 0 atom stereocenters. The summed E-state index contributed by atoms with van der Waals surface area (Å²) in [4.78, 5) is 21.7. The van der Waals surface area contributed by atoms with Crippen LogP contribution >= 0.6 is 0 Å². The number of para-hydroxylation sites is 1. The second kappa shape index (κ2) is 4.66. The van der Waals surface area contributed by atoms with Crippen LogP contribution in [0.15, 0.2) is 54.1 Å². The first-order valence-electron chi connectivity index (χ1n) is 5.11. The van der Waals surface area contributed by atoms with Crippen LogP contribution in [0.3, 0.4) is 0 Å². The van der Waals surface area contributed by atoms with Gasteiger partial charge < -0.3 is 4.90 Å².